The van der Waals surface area contributed by atoms with E-state index in [0.29, 0.717) is 0 Å². The first-order valence-electron chi connectivity index (χ1n) is 3.98. The monoisotopic (exact) mass is 209 g/mol. The van der Waals surface area contributed by atoms with Gasteiger partial charge in [-0.25, -0.2) is 4.39 Å². The van der Waals surface area contributed by atoms with Crippen molar-refractivity contribution in [1.29, 1.82) is 0 Å². The first-order chi connectivity index (χ1) is 7.06. The van der Waals surface area contributed by atoms with Crippen LogP contribution in [0, 0.1) is 27.8 Å². The number of nitrogens with zero attached hydrogens (tertiary/aromatic N) is 1. The van der Waals surface area contributed by atoms with Gasteiger partial charge >= 0.3 is 0 Å². The zero-order valence-corrected chi connectivity index (χ0v) is 7.66. The third-order valence-corrected chi connectivity index (χ3v) is 1.64. The summed E-state index contributed by atoms with van der Waals surface area (Å²) >= 11 is 0. The largest absolute Gasteiger partial charge is 0.393 e. The van der Waals surface area contributed by atoms with Crippen LogP contribution in [0.4, 0.5) is 15.8 Å². The molecular weight excluding hydrogens is 201 g/mol. The van der Waals surface area contributed by atoms with Gasteiger partial charge in [-0.2, -0.15) is 0 Å². The quantitative estimate of drug-likeness (QED) is 0.307. The minimum absolute atomic E-state index is 0.0532. The summed E-state index contributed by atoms with van der Waals surface area (Å²) in [7, 11) is 0. The van der Waals surface area contributed by atoms with Crippen molar-refractivity contribution >= 4 is 11.4 Å². The molecule has 0 saturated carbocycles. The maximum absolute atomic E-state index is 13.2. The Labute approximate surface area is 85.0 Å². The Morgan fingerprint density at radius 3 is 2.73 bits per heavy atom. The Morgan fingerprint density at radius 1 is 1.53 bits per heavy atom. The van der Waals surface area contributed by atoms with Gasteiger partial charge in [0, 0.05) is 12.1 Å². The van der Waals surface area contributed by atoms with E-state index in [1.165, 1.54) is 0 Å². The van der Waals surface area contributed by atoms with E-state index in [1.807, 2.05) is 0 Å². The summed E-state index contributed by atoms with van der Waals surface area (Å²) in [6.45, 7) is 0.0532. The highest BCUT2D eigenvalue weighted by Crippen LogP contribution is 2.24. The molecule has 0 heterocycles. The fourth-order valence-electron chi connectivity index (χ4n) is 0.977. The summed E-state index contributed by atoms with van der Waals surface area (Å²) in [4.78, 5) is 9.80. The highest BCUT2D eigenvalue weighted by molar-refractivity contribution is 5.62. The van der Waals surface area contributed by atoms with E-state index in [9.17, 15) is 14.5 Å². The van der Waals surface area contributed by atoms with E-state index in [1.54, 1.807) is 0 Å². The van der Waals surface area contributed by atoms with Gasteiger partial charge in [0.05, 0.1) is 17.0 Å². The lowest BCUT2D eigenvalue weighted by Crippen LogP contribution is -1.99. The van der Waals surface area contributed by atoms with Gasteiger partial charge in [-0.05, 0) is 0 Å². The Morgan fingerprint density at radius 2 is 2.20 bits per heavy atom. The number of hydrogen-bond donors (Lipinski definition) is 2. The number of anilines is 1. The standard InChI is InChI=1S/C9H8FN3O2/c10-7-5-8(12)9(13(14)15)4-6(7)2-1-3-11/h4-5H,3,11-12H2. The summed E-state index contributed by atoms with van der Waals surface area (Å²) < 4.78 is 13.2. The summed E-state index contributed by atoms with van der Waals surface area (Å²) in [5.74, 6) is 4.10. The van der Waals surface area contributed by atoms with E-state index in [4.69, 9.17) is 11.5 Å². The molecule has 5 nitrogen and oxygen atoms in total. The first kappa shape index (κ1) is 10.9. The van der Waals surface area contributed by atoms with Gasteiger partial charge in [0.2, 0.25) is 0 Å². The van der Waals surface area contributed by atoms with E-state index in [0.717, 1.165) is 12.1 Å². The normalized spacial score (nSPS) is 9.20. The lowest BCUT2D eigenvalue weighted by Gasteiger charge is -1.99. The fraction of sp³-hybridized carbons (Fsp3) is 0.111. The number of nitro benzene ring substituents is 1. The molecule has 1 aromatic carbocycles. The average Bonchev–Trinajstić information content (AvgIpc) is 2.16. The van der Waals surface area contributed by atoms with Crippen LogP contribution in [0.3, 0.4) is 0 Å². The molecule has 0 aliphatic carbocycles. The predicted molar refractivity (Wildman–Crippen MR) is 53.4 cm³/mol. The summed E-state index contributed by atoms with van der Waals surface area (Å²) in [5, 5.41) is 10.5. The van der Waals surface area contributed by atoms with Crippen LogP contribution < -0.4 is 11.5 Å². The molecule has 0 radical (unpaired) electrons. The van der Waals surface area contributed by atoms with Crippen LogP contribution in [0.5, 0.6) is 0 Å². The maximum Gasteiger partial charge on any atom is 0.293 e. The number of nitrogens with two attached hydrogens (primary N) is 2. The second kappa shape index (κ2) is 4.39. The van der Waals surface area contributed by atoms with Gasteiger partial charge in [0.1, 0.15) is 11.5 Å². The molecule has 15 heavy (non-hydrogen) atoms. The summed E-state index contributed by atoms with van der Waals surface area (Å²) in [5.41, 5.74) is 9.69. The van der Waals surface area contributed by atoms with Crippen molar-refractivity contribution in [1.82, 2.24) is 0 Å². The highest BCUT2D eigenvalue weighted by atomic mass is 19.1. The van der Waals surface area contributed by atoms with Crippen LogP contribution in [0.2, 0.25) is 0 Å². The van der Waals surface area contributed by atoms with Gasteiger partial charge < -0.3 is 11.5 Å². The van der Waals surface area contributed by atoms with Crippen LogP contribution in [-0.4, -0.2) is 11.5 Å². The topological polar surface area (TPSA) is 95.2 Å². The molecule has 0 saturated heterocycles. The molecule has 0 atom stereocenters. The molecule has 6 heteroatoms. The lowest BCUT2D eigenvalue weighted by molar-refractivity contribution is -0.384. The Balaban J connectivity index is 3.29. The molecule has 0 aliphatic heterocycles. The van der Waals surface area contributed by atoms with Gasteiger partial charge in [-0.1, -0.05) is 11.8 Å². The summed E-state index contributed by atoms with van der Waals surface area (Å²) in [6, 6.07) is 1.87. The Hall–Kier alpha value is -2.13. The molecular formula is C9H8FN3O2. The van der Waals surface area contributed by atoms with E-state index in [2.05, 4.69) is 11.8 Å². The van der Waals surface area contributed by atoms with Crippen molar-refractivity contribution < 1.29 is 9.31 Å². The number of hydrogen-bond acceptors (Lipinski definition) is 4. The molecule has 0 aliphatic rings. The molecule has 1 aromatic rings. The SMILES string of the molecule is NCC#Cc1cc([N+](=O)[O-])c(N)cc1F. The lowest BCUT2D eigenvalue weighted by atomic mass is 10.1. The number of rotatable bonds is 1. The molecule has 1 rings (SSSR count). The van der Waals surface area contributed by atoms with Crippen molar-refractivity contribution in [2.24, 2.45) is 5.73 Å². The Bertz CT molecular complexity index is 462. The van der Waals surface area contributed by atoms with Crippen molar-refractivity contribution in [3.8, 4) is 11.8 Å². The zero-order chi connectivity index (χ0) is 11.4. The maximum atomic E-state index is 13.2. The van der Waals surface area contributed by atoms with Gasteiger partial charge in [0.15, 0.2) is 0 Å². The van der Waals surface area contributed by atoms with E-state index >= 15 is 0 Å². The second-order valence-electron chi connectivity index (χ2n) is 2.65. The van der Waals surface area contributed by atoms with Crippen molar-refractivity contribution in [2.75, 3.05) is 12.3 Å². The summed E-state index contributed by atoms with van der Waals surface area (Å²) in [6.07, 6.45) is 0. The average molecular weight is 209 g/mol. The molecule has 0 aromatic heterocycles. The van der Waals surface area contributed by atoms with E-state index in [-0.39, 0.29) is 23.5 Å². The number of nitrogen functional groups attached to an aromatic ring is 1. The number of benzene rings is 1. The van der Waals surface area contributed by atoms with Crippen molar-refractivity contribution in [3.05, 3.63) is 33.6 Å². The zero-order valence-electron chi connectivity index (χ0n) is 7.66. The Kier molecular flexibility index (Phi) is 3.21. The minimum Gasteiger partial charge on any atom is -0.393 e. The van der Waals surface area contributed by atoms with Crippen LogP contribution in [0.1, 0.15) is 5.56 Å². The van der Waals surface area contributed by atoms with Crippen molar-refractivity contribution in [3.63, 3.8) is 0 Å². The smallest absolute Gasteiger partial charge is 0.293 e. The third-order valence-electron chi connectivity index (χ3n) is 1.64. The molecule has 78 valence electrons. The predicted octanol–water partition coefficient (Wildman–Crippen LogP) is 0.626. The van der Waals surface area contributed by atoms with Gasteiger partial charge in [-0.15, -0.1) is 0 Å². The molecule has 0 fully saturated rings. The van der Waals surface area contributed by atoms with Crippen LogP contribution >= 0.6 is 0 Å². The van der Waals surface area contributed by atoms with Crippen molar-refractivity contribution in [2.45, 2.75) is 0 Å². The molecule has 0 amide bonds. The van der Waals surface area contributed by atoms with Crippen LogP contribution in [0.25, 0.3) is 0 Å². The van der Waals surface area contributed by atoms with Gasteiger partial charge in [0.25, 0.3) is 5.69 Å². The molecule has 0 unspecified atom stereocenters. The molecule has 4 N–H and O–H groups in total. The number of halogens is 1. The fourth-order valence-corrected chi connectivity index (χ4v) is 0.977. The highest BCUT2D eigenvalue weighted by Gasteiger charge is 2.14. The molecule has 0 bridgehead atoms. The van der Waals surface area contributed by atoms with Gasteiger partial charge in [-0.3, -0.25) is 10.1 Å². The van der Waals surface area contributed by atoms with Crippen LogP contribution in [0.15, 0.2) is 12.1 Å². The van der Waals surface area contributed by atoms with E-state index < -0.39 is 10.7 Å². The first-order valence-corrected chi connectivity index (χ1v) is 3.98. The third kappa shape index (κ3) is 2.42. The van der Waals surface area contributed by atoms with Crippen LogP contribution in [-0.2, 0) is 0 Å². The second-order valence-corrected chi connectivity index (χ2v) is 2.65. The minimum atomic E-state index is -0.695. The number of nitro groups is 1. The molecule has 0 spiro atoms.